The van der Waals surface area contributed by atoms with Crippen LogP contribution in [0.4, 0.5) is 4.79 Å². The Labute approximate surface area is 184 Å². The summed E-state index contributed by atoms with van der Waals surface area (Å²) in [7, 11) is 0. The molecule has 30 heavy (non-hydrogen) atoms. The first-order valence-corrected chi connectivity index (χ1v) is 10.8. The van der Waals surface area contributed by atoms with Crippen molar-refractivity contribution in [1.82, 2.24) is 10.6 Å². The molecular weight excluding hydrogens is 376 g/mol. The Kier molecular flexibility index (Phi) is 15.0. The Balaban J connectivity index is 3.65. The highest BCUT2D eigenvalue weighted by Crippen LogP contribution is 2.14. The van der Waals surface area contributed by atoms with Gasteiger partial charge < -0.3 is 20.1 Å². The van der Waals surface area contributed by atoms with Gasteiger partial charge in [0.15, 0.2) is 0 Å². The van der Waals surface area contributed by atoms with Gasteiger partial charge in [-0.2, -0.15) is 0 Å². The predicted molar refractivity (Wildman–Crippen MR) is 127 cm³/mol. The number of carbonyl (C=O) groups excluding carboxylic acids is 1. The first-order chi connectivity index (χ1) is 14.1. The van der Waals surface area contributed by atoms with Crippen LogP contribution >= 0.6 is 0 Å². The molecule has 0 aliphatic heterocycles. The Bertz CT molecular complexity index is 556. The van der Waals surface area contributed by atoms with Crippen LogP contribution in [0.1, 0.15) is 59.3 Å². The Morgan fingerprint density at radius 2 is 1.53 bits per heavy atom. The molecule has 5 heteroatoms. The lowest BCUT2D eigenvalue weighted by Gasteiger charge is -2.14. The lowest BCUT2D eigenvalue weighted by atomic mass is 10.0. The van der Waals surface area contributed by atoms with Crippen molar-refractivity contribution >= 4 is 6.09 Å². The summed E-state index contributed by atoms with van der Waals surface area (Å²) in [6.07, 6.45) is 5.55. The number of hydrogen-bond donors (Lipinski definition) is 2. The Morgan fingerprint density at radius 1 is 0.833 bits per heavy atom. The van der Waals surface area contributed by atoms with Gasteiger partial charge in [-0.25, -0.2) is 4.79 Å². The van der Waals surface area contributed by atoms with E-state index in [-0.39, 0.29) is 0 Å². The molecule has 0 aromatic heterocycles. The molecule has 2 N–H and O–H groups in total. The lowest BCUT2D eigenvalue weighted by Crippen LogP contribution is -2.28. The first-order valence-electron chi connectivity index (χ1n) is 10.8. The molecule has 1 unspecified atom stereocenters. The summed E-state index contributed by atoms with van der Waals surface area (Å²) >= 11 is 0. The van der Waals surface area contributed by atoms with Crippen molar-refractivity contribution in [3.8, 4) is 0 Å². The molecule has 0 aromatic rings. The number of nitrogens with one attached hydrogen (secondary N) is 2. The standard InChI is InChI=1S/C25H42N2O3/c1-19(2)22(6)12-10-15-26-23(7)13-9-11-21(5)14-17-30-25(28)27-16-18-29-24(8)20(3)4/h21,26H,1,3,6-18H2,2,4-5H3,(H,27,28). The molecular formula is C25H42N2O3. The zero-order valence-electron chi connectivity index (χ0n) is 19.4. The van der Waals surface area contributed by atoms with Crippen molar-refractivity contribution in [2.75, 3.05) is 26.3 Å². The quantitative estimate of drug-likeness (QED) is 0.162. The Morgan fingerprint density at radius 3 is 2.17 bits per heavy atom. The third-order valence-electron chi connectivity index (χ3n) is 4.78. The van der Waals surface area contributed by atoms with E-state index in [9.17, 15) is 4.79 Å². The molecule has 0 saturated carbocycles. The molecule has 0 rings (SSSR count). The largest absolute Gasteiger partial charge is 0.492 e. The van der Waals surface area contributed by atoms with Gasteiger partial charge in [0.2, 0.25) is 0 Å². The van der Waals surface area contributed by atoms with Crippen LogP contribution < -0.4 is 10.6 Å². The minimum absolute atomic E-state index is 0.345. The summed E-state index contributed by atoms with van der Waals surface area (Å²) < 4.78 is 10.5. The highest BCUT2D eigenvalue weighted by atomic mass is 16.5. The number of amides is 1. The number of rotatable bonds is 18. The zero-order chi connectivity index (χ0) is 22.9. The van der Waals surface area contributed by atoms with Gasteiger partial charge in [0.05, 0.1) is 13.2 Å². The van der Waals surface area contributed by atoms with E-state index >= 15 is 0 Å². The maximum absolute atomic E-state index is 11.7. The molecule has 0 aromatic carbocycles. The Hall–Kier alpha value is -2.43. The lowest BCUT2D eigenvalue weighted by molar-refractivity contribution is 0.134. The third kappa shape index (κ3) is 15.5. The van der Waals surface area contributed by atoms with Gasteiger partial charge in [-0.3, -0.25) is 0 Å². The normalized spacial score (nSPS) is 11.2. The fourth-order valence-electron chi connectivity index (χ4n) is 2.53. The molecule has 5 nitrogen and oxygen atoms in total. The molecule has 0 saturated heterocycles. The van der Waals surface area contributed by atoms with Gasteiger partial charge in [-0.05, 0) is 57.4 Å². The summed E-state index contributed by atoms with van der Waals surface area (Å²) in [6.45, 7) is 27.5. The first kappa shape index (κ1) is 27.6. The van der Waals surface area contributed by atoms with Gasteiger partial charge in [-0.15, -0.1) is 0 Å². The zero-order valence-corrected chi connectivity index (χ0v) is 19.4. The van der Waals surface area contributed by atoms with E-state index in [2.05, 4.69) is 50.5 Å². The maximum atomic E-state index is 11.7. The molecule has 0 heterocycles. The van der Waals surface area contributed by atoms with Crippen molar-refractivity contribution in [2.24, 2.45) is 5.92 Å². The number of allylic oxidation sites excluding steroid dienone is 4. The van der Waals surface area contributed by atoms with Crippen molar-refractivity contribution < 1.29 is 14.3 Å². The van der Waals surface area contributed by atoms with Gasteiger partial charge >= 0.3 is 6.09 Å². The van der Waals surface area contributed by atoms with Crippen LogP contribution in [0.3, 0.4) is 0 Å². The molecule has 0 fully saturated rings. The van der Waals surface area contributed by atoms with Gasteiger partial charge in [0.1, 0.15) is 12.4 Å². The van der Waals surface area contributed by atoms with Crippen LogP contribution in [0.25, 0.3) is 0 Å². The molecule has 1 atom stereocenters. The topological polar surface area (TPSA) is 59.6 Å². The van der Waals surface area contributed by atoms with Crippen molar-refractivity contribution in [2.45, 2.75) is 59.3 Å². The van der Waals surface area contributed by atoms with Crippen molar-refractivity contribution in [3.05, 3.63) is 61.1 Å². The SMILES string of the molecule is C=C(CCCC(C)CCOC(=O)NCCOC(=C)C(=C)C)NCCCC(=C)C(=C)C. The molecule has 1 amide bonds. The monoisotopic (exact) mass is 418 g/mol. The second-order valence-electron chi connectivity index (χ2n) is 7.92. The number of ether oxygens (including phenoxy) is 2. The molecule has 0 bridgehead atoms. The van der Waals surface area contributed by atoms with Gasteiger partial charge in [0.25, 0.3) is 0 Å². The van der Waals surface area contributed by atoms with Crippen LogP contribution in [0.5, 0.6) is 0 Å². The van der Waals surface area contributed by atoms with Crippen molar-refractivity contribution in [3.63, 3.8) is 0 Å². The van der Waals surface area contributed by atoms with Crippen LogP contribution in [-0.4, -0.2) is 32.4 Å². The minimum Gasteiger partial charge on any atom is -0.492 e. The summed E-state index contributed by atoms with van der Waals surface area (Å²) in [6, 6.07) is 0. The van der Waals surface area contributed by atoms with E-state index in [1.807, 2.05) is 13.8 Å². The van der Waals surface area contributed by atoms with E-state index in [1.165, 1.54) is 0 Å². The third-order valence-corrected chi connectivity index (χ3v) is 4.78. The molecule has 0 aliphatic carbocycles. The van der Waals surface area contributed by atoms with Gasteiger partial charge in [-0.1, -0.05) is 57.4 Å². The second-order valence-corrected chi connectivity index (χ2v) is 7.92. The summed E-state index contributed by atoms with van der Waals surface area (Å²) in [5, 5.41) is 6.04. The van der Waals surface area contributed by atoms with E-state index in [0.717, 1.165) is 67.5 Å². The van der Waals surface area contributed by atoms with Gasteiger partial charge in [0, 0.05) is 12.2 Å². The van der Waals surface area contributed by atoms with Crippen LogP contribution in [0.2, 0.25) is 0 Å². The number of carbonyl (C=O) groups is 1. The average molecular weight is 419 g/mol. The summed E-state index contributed by atoms with van der Waals surface area (Å²) in [4.78, 5) is 11.7. The highest BCUT2D eigenvalue weighted by Gasteiger charge is 2.06. The van der Waals surface area contributed by atoms with E-state index in [4.69, 9.17) is 9.47 Å². The summed E-state index contributed by atoms with van der Waals surface area (Å²) in [5.74, 6) is 1.03. The van der Waals surface area contributed by atoms with Crippen LogP contribution in [-0.2, 0) is 9.47 Å². The predicted octanol–water partition coefficient (Wildman–Crippen LogP) is 6.03. The fraction of sp³-hybridized carbons (Fsp3) is 0.560. The van der Waals surface area contributed by atoms with Crippen LogP contribution in [0.15, 0.2) is 61.1 Å². The van der Waals surface area contributed by atoms with E-state index in [1.54, 1.807) is 0 Å². The molecule has 0 spiro atoms. The second kappa shape index (κ2) is 16.4. The molecule has 0 aliphatic rings. The fourth-order valence-corrected chi connectivity index (χ4v) is 2.53. The van der Waals surface area contributed by atoms with Crippen molar-refractivity contribution in [1.29, 1.82) is 0 Å². The number of hydrogen-bond acceptors (Lipinski definition) is 4. The summed E-state index contributed by atoms with van der Waals surface area (Å²) in [5.41, 5.74) is 4.03. The smallest absolute Gasteiger partial charge is 0.407 e. The molecule has 170 valence electrons. The maximum Gasteiger partial charge on any atom is 0.407 e. The molecule has 0 radical (unpaired) electrons. The van der Waals surface area contributed by atoms with Crippen LogP contribution in [0, 0.1) is 5.92 Å². The number of alkyl carbamates (subject to hydrolysis) is 1. The van der Waals surface area contributed by atoms with E-state index in [0.29, 0.717) is 31.4 Å². The van der Waals surface area contributed by atoms with E-state index < -0.39 is 6.09 Å². The minimum atomic E-state index is -0.418. The highest BCUT2D eigenvalue weighted by molar-refractivity contribution is 5.67. The average Bonchev–Trinajstić information content (AvgIpc) is 2.67.